The molecule has 0 radical (unpaired) electrons. The molecule has 3 heterocycles. The molecule has 0 unspecified atom stereocenters. The Kier molecular flexibility index (Phi) is 4.80. The molecule has 7 nitrogen and oxygen atoms in total. The van der Waals surface area contributed by atoms with E-state index in [9.17, 15) is 18.3 Å². The van der Waals surface area contributed by atoms with Crippen molar-refractivity contribution in [2.24, 2.45) is 0 Å². The lowest BCUT2D eigenvalue weighted by Gasteiger charge is -2.22. The van der Waals surface area contributed by atoms with Gasteiger partial charge in [-0.2, -0.15) is 18.0 Å². The maximum absolute atomic E-state index is 13.4. The summed E-state index contributed by atoms with van der Waals surface area (Å²) in [5.41, 5.74) is -1.43. The molecule has 0 bridgehead atoms. The molecule has 1 atom stereocenters. The molecule has 0 saturated heterocycles. The van der Waals surface area contributed by atoms with E-state index in [1.165, 1.54) is 16.9 Å². The van der Waals surface area contributed by atoms with Gasteiger partial charge in [0, 0.05) is 11.6 Å². The van der Waals surface area contributed by atoms with E-state index in [0.29, 0.717) is 22.8 Å². The molecule has 164 valence electrons. The highest BCUT2D eigenvalue weighted by atomic mass is 19.4. The lowest BCUT2D eigenvalue weighted by Crippen LogP contribution is -2.31. The highest BCUT2D eigenvalue weighted by molar-refractivity contribution is 5.83. The minimum atomic E-state index is -4.47. The number of halogens is 3. The summed E-state index contributed by atoms with van der Waals surface area (Å²) in [5.74, 6) is 0.983. The number of hydrogen-bond donors (Lipinski definition) is 1. The summed E-state index contributed by atoms with van der Waals surface area (Å²) in [4.78, 5) is 12.1. The second-order valence-electron chi connectivity index (χ2n) is 8.98. The van der Waals surface area contributed by atoms with Crippen molar-refractivity contribution in [2.75, 3.05) is 11.4 Å². The summed E-state index contributed by atoms with van der Waals surface area (Å²) in [5, 5.41) is 19.1. The van der Waals surface area contributed by atoms with Crippen molar-refractivity contribution < 1.29 is 18.3 Å². The van der Waals surface area contributed by atoms with E-state index in [1.54, 1.807) is 30.2 Å². The monoisotopic (exact) mass is 432 g/mol. The molecule has 0 aliphatic carbocycles. The van der Waals surface area contributed by atoms with Crippen molar-refractivity contribution in [1.29, 1.82) is 0 Å². The van der Waals surface area contributed by atoms with Crippen molar-refractivity contribution in [1.82, 2.24) is 25.0 Å². The molecular formula is C21H23F3N6O. The van der Waals surface area contributed by atoms with Crippen molar-refractivity contribution in [2.45, 2.75) is 51.4 Å². The van der Waals surface area contributed by atoms with Crippen molar-refractivity contribution in [3.63, 3.8) is 0 Å². The van der Waals surface area contributed by atoms with Crippen LogP contribution in [0.15, 0.2) is 36.5 Å². The summed E-state index contributed by atoms with van der Waals surface area (Å²) in [6.45, 7) is 7.65. The predicted molar refractivity (Wildman–Crippen MR) is 109 cm³/mol. The van der Waals surface area contributed by atoms with Crippen LogP contribution < -0.4 is 4.90 Å². The molecule has 1 aromatic carbocycles. The first kappa shape index (κ1) is 21.2. The van der Waals surface area contributed by atoms with Gasteiger partial charge in [-0.15, -0.1) is 10.2 Å². The largest absolute Gasteiger partial charge is 0.416 e. The van der Waals surface area contributed by atoms with Crippen LogP contribution in [0.5, 0.6) is 0 Å². The second kappa shape index (κ2) is 7.01. The van der Waals surface area contributed by atoms with Crippen LogP contribution in [-0.2, 0) is 18.1 Å². The standard InChI is InChI=1S/C21H23F3N6O/c1-19(2,3)18-25-16-15(17(26-18)29-10-9-20(4,31)12-29)27-30(28-16)11-13-7-5-6-8-14(13)21(22,23)24/h5-10,31H,11-12H2,1-4H3/t20-/m1/s1. The molecule has 0 amide bonds. The Morgan fingerprint density at radius 2 is 1.81 bits per heavy atom. The fourth-order valence-electron chi connectivity index (χ4n) is 3.38. The fourth-order valence-corrected chi connectivity index (χ4v) is 3.38. The number of aliphatic hydroxyl groups is 1. The Bertz CT molecular complexity index is 1160. The summed E-state index contributed by atoms with van der Waals surface area (Å²) < 4.78 is 40.1. The van der Waals surface area contributed by atoms with Gasteiger partial charge in [-0.05, 0) is 24.6 Å². The highest BCUT2D eigenvalue weighted by Crippen LogP contribution is 2.33. The Labute approximate surface area is 177 Å². The van der Waals surface area contributed by atoms with Gasteiger partial charge in [0.15, 0.2) is 11.3 Å². The van der Waals surface area contributed by atoms with E-state index in [0.717, 1.165) is 6.07 Å². The summed E-state index contributed by atoms with van der Waals surface area (Å²) >= 11 is 0. The molecule has 0 fully saturated rings. The zero-order valence-electron chi connectivity index (χ0n) is 17.6. The molecule has 3 aromatic rings. The minimum Gasteiger partial charge on any atom is -0.384 e. The van der Waals surface area contributed by atoms with Crippen LogP contribution in [0.2, 0.25) is 0 Å². The number of alkyl halides is 3. The Morgan fingerprint density at radius 1 is 1.10 bits per heavy atom. The molecule has 10 heteroatoms. The first-order valence-electron chi connectivity index (χ1n) is 9.80. The van der Waals surface area contributed by atoms with Crippen molar-refractivity contribution in [3.8, 4) is 0 Å². The zero-order valence-corrected chi connectivity index (χ0v) is 17.6. The van der Waals surface area contributed by atoms with Crippen LogP contribution in [-0.4, -0.2) is 42.2 Å². The molecule has 1 aliphatic heterocycles. The van der Waals surface area contributed by atoms with Gasteiger partial charge < -0.3 is 10.0 Å². The summed E-state index contributed by atoms with van der Waals surface area (Å²) in [6.07, 6.45) is -1.10. The van der Waals surface area contributed by atoms with E-state index in [-0.39, 0.29) is 24.1 Å². The van der Waals surface area contributed by atoms with Crippen LogP contribution >= 0.6 is 0 Å². The van der Waals surface area contributed by atoms with Crippen LogP contribution in [0, 0.1) is 0 Å². The molecule has 0 spiro atoms. The average Bonchev–Trinajstić information content (AvgIpc) is 3.21. The van der Waals surface area contributed by atoms with Crippen LogP contribution in [0.1, 0.15) is 44.6 Å². The van der Waals surface area contributed by atoms with E-state index in [1.807, 2.05) is 20.8 Å². The number of anilines is 1. The Balaban J connectivity index is 1.81. The van der Waals surface area contributed by atoms with Gasteiger partial charge in [-0.3, -0.25) is 0 Å². The number of fused-ring (bicyclic) bond motifs is 1. The number of nitrogens with zero attached hydrogens (tertiary/aromatic N) is 6. The van der Waals surface area contributed by atoms with Crippen molar-refractivity contribution >= 4 is 17.0 Å². The fraction of sp³-hybridized carbons (Fsp3) is 0.429. The average molecular weight is 432 g/mol. The maximum Gasteiger partial charge on any atom is 0.416 e. The minimum absolute atomic E-state index is 0.0601. The molecule has 4 rings (SSSR count). The van der Waals surface area contributed by atoms with E-state index < -0.39 is 17.3 Å². The molecule has 2 aromatic heterocycles. The van der Waals surface area contributed by atoms with Gasteiger partial charge in [0.1, 0.15) is 5.82 Å². The van der Waals surface area contributed by atoms with E-state index in [4.69, 9.17) is 0 Å². The number of hydrogen-bond acceptors (Lipinski definition) is 6. The van der Waals surface area contributed by atoms with Gasteiger partial charge in [-0.25, -0.2) is 9.97 Å². The number of benzene rings is 1. The topological polar surface area (TPSA) is 80.0 Å². The summed E-state index contributed by atoms with van der Waals surface area (Å²) in [7, 11) is 0. The lowest BCUT2D eigenvalue weighted by atomic mass is 9.96. The van der Waals surface area contributed by atoms with Gasteiger partial charge in [0.25, 0.3) is 0 Å². The lowest BCUT2D eigenvalue weighted by molar-refractivity contribution is -0.138. The Morgan fingerprint density at radius 3 is 2.42 bits per heavy atom. The molecular weight excluding hydrogens is 409 g/mol. The van der Waals surface area contributed by atoms with Gasteiger partial charge in [-0.1, -0.05) is 39.0 Å². The molecule has 31 heavy (non-hydrogen) atoms. The molecule has 1 aliphatic rings. The summed E-state index contributed by atoms with van der Waals surface area (Å²) in [6, 6.07) is 5.35. The second-order valence-corrected chi connectivity index (χ2v) is 8.98. The van der Waals surface area contributed by atoms with Crippen LogP contribution in [0.3, 0.4) is 0 Å². The third-order valence-electron chi connectivity index (χ3n) is 4.95. The van der Waals surface area contributed by atoms with E-state index >= 15 is 0 Å². The quantitative estimate of drug-likeness (QED) is 0.680. The van der Waals surface area contributed by atoms with Gasteiger partial charge in [0.2, 0.25) is 5.65 Å². The van der Waals surface area contributed by atoms with E-state index in [2.05, 4.69) is 20.2 Å². The molecule has 0 saturated carbocycles. The zero-order chi connectivity index (χ0) is 22.6. The Hall–Kier alpha value is -3.01. The van der Waals surface area contributed by atoms with Crippen molar-refractivity contribution in [3.05, 3.63) is 53.5 Å². The van der Waals surface area contributed by atoms with Gasteiger partial charge >= 0.3 is 6.18 Å². The predicted octanol–water partition coefficient (Wildman–Crippen LogP) is 3.67. The normalized spacial score (nSPS) is 19.5. The third kappa shape index (κ3) is 4.25. The van der Waals surface area contributed by atoms with Crippen LogP contribution in [0.4, 0.5) is 19.0 Å². The van der Waals surface area contributed by atoms with Crippen LogP contribution in [0.25, 0.3) is 11.2 Å². The third-order valence-corrected chi connectivity index (χ3v) is 4.95. The maximum atomic E-state index is 13.4. The highest BCUT2D eigenvalue weighted by Gasteiger charge is 2.34. The van der Waals surface area contributed by atoms with Gasteiger partial charge in [0.05, 0.1) is 24.3 Å². The SMILES string of the molecule is CC(C)(C)c1nc(N2C=C[C@@](C)(O)C2)c2nn(Cc3ccccc3C(F)(F)F)nc2n1. The molecule has 1 N–H and O–H groups in total. The smallest absolute Gasteiger partial charge is 0.384 e. The number of aromatic nitrogens is 5. The first-order valence-corrected chi connectivity index (χ1v) is 9.80. The first-order chi connectivity index (χ1) is 14.3. The number of rotatable bonds is 3. The number of β-amino-alcohol motifs (C(OH)–C–C–N with tert-alkyl or cyclic N) is 1.